The average molecular weight is 362 g/mol. The lowest BCUT2D eigenvalue weighted by molar-refractivity contribution is -0.116. The van der Waals surface area contributed by atoms with Crippen molar-refractivity contribution in [3.05, 3.63) is 57.9 Å². The van der Waals surface area contributed by atoms with Gasteiger partial charge in [-0.3, -0.25) is 9.48 Å². The molecule has 0 spiro atoms. The number of hydrogen-bond donors (Lipinski definition) is 1. The summed E-state index contributed by atoms with van der Waals surface area (Å²) in [6.07, 6.45) is 2.07. The standard InChI is InChI=1S/C17H13Cl2N3O2/c1-22-17-12(8-20-22)10(7-16(23)21-17)14-4-5-15(24-14)11-6-9(18)2-3-13(11)19/h2-6,8,10H,7H2,1H3,(H,21,23)/t10-/m1/s1. The van der Waals surface area contributed by atoms with Crippen molar-refractivity contribution in [3.8, 4) is 11.3 Å². The highest BCUT2D eigenvalue weighted by atomic mass is 35.5. The van der Waals surface area contributed by atoms with Gasteiger partial charge in [0.1, 0.15) is 17.3 Å². The third kappa shape index (κ3) is 2.50. The molecule has 3 heterocycles. The highest BCUT2D eigenvalue weighted by Crippen LogP contribution is 2.40. The van der Waals surface area contributed by atoms with Gasteiger partial charge in [-0.15, -0.1) is 0 Å². The number of nitrogens with one attached hydrogen (secondary N) is 1. The summed E-state index contributed by atoms with van der Waals surface area (Å²) in [7, 11) is 1.79. The van der Waals surface area contributed by atoms with Gasteiger partial charge in [-0.05, 0) is 30.3 Å². The van der Waals surface area contributed by atoms with Gasteiger partial charge in [0.2, 0.25) is 5.91 Å². The van der Waals surface area contributed by atoms with Gasteiger partial charge in [0, 0.05) is 29.6 Å². The predicted octanol–water partition coefficient (Wildman–Crippen LogP) is 4.46. The minimum Gasteiger partial charge on any atom is -0.460 e. The number of aryl methyl sites for hydroxylation is 1. The number of fused-ring (bicyclic) bond motifs is 1. The summed E-state index contributed by atoms with van der Waals surface area (Å²) in [5.74, 6) is 1.79. The first-order valence-electron chi connectivity index (χ1n) is 7.40. The largest absolute Gasteiger partial charge is 0.460 e. The number of amides is 1. The van der Waals surface area contributed by atoms with Crippen LogP contribution >= 0.6 is 23.2 Å². The Morgan fingerprint density at radius 3 is 2.96 bits per heavy atom. The number of furan rings is 1. The molecule has 0 unspecified atom stereocenters. The van der Waals surface area contributed by atoms with E-state index in [0.29, 0.717) is 33.8 Å². The van der Waals surface area contributed by atoms with Crippen molar-refractivity contribution in [1.29, 1.82) is 0 Å². The maximum Gasteiger partial charge on any atom is 0.226 e. The van der Waals surface area contributed by atoms with Crippen LogP contribution in [0.25, 0.3) is 11.3 Å². The Hall–Kier alpha value is -2.24. The van der Waals surface area contributed by atoms with Crippen LogP contribution in [0.5, 0.6) is 0 Å². The van der Waals surface area contributed by atoms with Crippen LogP contribution < -0.4 is 5.32 Å². The molecule has 1 aliphatic rings. The molecule has 0 saturated carbocycles. The van der Waals surface area contributed by atoms with Crippen LogP contribution in [0.15, 0.2) is 40.9 Å². The fourth-order valence-corrected chi connectivity index (χ4v) is 3.35. The normalized spacial score (nSPS) is 16.8. The maximum atomic E-state index is 12.0. The second-order valence-corrected chi connectivity index (χ2v) is 6.55. The van der Waals surface area contributed by atoms with Gasteiger partial charge >= 0.3 is 0 Å². The lowest BCUT2D eigenvalue weighted by Gasteiger charge is -2.21. The highest BCUT2D eigenvalue weighted by Gasteiger charge is 2.31. The van der Waals surface area contributed by atoms with Gasteiger partial charge < -0.3 is 9.73 Å². The van der Waals surface area contributed by atoms with E-state index in [9.17, 15) is 4.79 Å². The molecule has 5 nitrogen and oxygen atoms in total. The van der Waals surface area contributed by atoms with E-state index in [-0.39, 0.29) is 11.8 Å². The Labute approximate surface area is 148 Å². The number of carbonyl (C=O) groups excluding carboxylic acids is 1. The lowest BCUT2D eigenvalue weighted by Crippen LogP contribution is -2.24. The van der Waals surface area contributed by atoms with Crippen molar-refractivity contribution < 1.29 is 9.21 Å². The first-order chi connectivity index (χ1) is 11.5. The van der Waals surface area contributed by atoms with Crippen LogP contribution in [-0.2, 0) is 11.8 Å². The molecular weight excluding hydrogens is 349 g/mol. The SMILES string of the molecule is Cn1ncc2c1NC(=O)C[C@H]2c1ccc(-c2cc(Cl)ccc2Cl)o1. The molecule has 0 saturated heterocycles. The number of aromatic nitrogens is 2. The summed E-state index contributed by atoms with van der Waals surface area (Å²) in [6, 6.07) is 8.93. The van der Waals surface area contributed by atoms with Crippen molar-refractivity contribution in [3.63, 3.8) is 0 Å². The van der Waals surface area contributed by atoms with Crippen LogP contribution in [0.4, 0.5) is 5.82 Å². The van der Waals surface area contributed by atoms with Gasteiger partial charge in [-0.1, -0.05) is 23.2 Å². The summed E-state index contributed by atoms with van der Waals surface area (Å²) in [5.41, 5.74) is 1.66. The minimum absolute atomic E-state index is 0.0603. The van der Waals surface area contributed by atoms with Crippen LogP contribution in [-0.4, -0.2) is 15.7 Å². The molecule has 1 aromatic carbocycles. The number of hydrogen-bond acceptors (Lipinski definition) is 3. The van der Waals surface area contributed by atoms with Crippen molar-refractivity contribution in [2.45, 2.75) is 12.3 Å². The van der Waals surface area contributed by atoms with E-state index in [4.69, 9.17) is 27.6 Å². The van der Waals surface area contributed by atoms with Crippen molar-refractivity contribution >= 4 is 34.9 Å². The van der Waals surface area contributed by atoms with Crippen LogP contribution in [0.1, 0.15) is 23.7 Å². The zero-order valence-corrected chi connectivity index (χ0v) is 14.2. The van der Waals surface area contributed by atoms with Crippen LogP contribution in [0, 0.1) is 0 Å². The second kappa shape index (κ2) is 5.69. The van der Waals surface area contributed by atoms with Gasteiger partial charge in [0.05, 0.1) is 17.1 Å². The Balaban J connectivity index is 1.76. The molecule has 4 rings (SSSR count). The number of rotatable bonds is 2. The van der Waals surface area contributed by atoms with E-state index in [2.05, 4.69) is 10.4 Å². The molecule has 1 amide bonds. The molecule has 0 fully saturated rings. The summed E-state index contributed by atoms with van der Waals surface area (Å²) in [6.45, 7) is 0. The minimum atomic E-state index is -0.172. The van der Waals surface area contributed by atoms with E-state index in [1.165, 1.54) is 0 Å². The van der Waals surface area contributed by atoms with Crippen molar-refractivity contribution in [2.75, 3.05) is 5.32 Å². The van der Waals surface area contributed by atoms with E-state index in [0.717, 1.165) is 11.1 Å². The fraction of sp³-hybridized carbons (Fsp3) is 0.176. The van der Waals surface area contributed by atoms with E-state index in [1.807, 2.05) is 12.1 Å². The summed E-state index contributed by atoms with van der Waals surface area (Å²) >= 11 is 12.3. The number of benzene rings is 1. The molecular formula is C17H13Cl2N3O2. The van der Waals surface area contributed by atoms with E-state index >= 15 is 0 Å². The third-order valence-corrected chi connectivity index (χ3v) is 4.72. The average Bonchev–Trinajstić information content (AvgIpc) is 3.17. The van der Waals surface area contributed by atoms with Gasteiger partial charge in [-0.25, -0.2) is 0 Å². The molecule has 1 atom stereocenters. The number of halogens is 2. The Bertz CT molecular complexity index is 945. The molecule has 3 aromatic rings. The van der Waals surface area contributed by atoms with Crippen LogP contribution in [0.2, 0.25) is 10.0 Å². The lowest BCUT2D eigenvalue weighted by atomic mass is 9.92. The molecule has 0 aliphatic carbocycles. The zero-order chi connectivity index (χ0) is 16.8. The molecule has 122 valence electrons. The number of carbonyl (C=O) groups is 1. The molecule has 24 heavy (non-hydrogen) atoms. The highest BCUT2D eigenvalue weighted by molar-refractivity contribution is 6.35. The Morgan fingerprint density at radius 2 is 2.12 bits per heavy atom. The molecule has 0 bridgehead atoms. The summed E-state index contributed by atoms with van der Waals surface area (Å²) in [5, 5.41) is 8.21. The molecule has 2 aromatic heterocycles. The summed E-state index contributed by atoms with van der Waals surface area (Å²) in [4.78, 5) is 12.0. The zero-order valence-electron chi connectivity index (χ0n) is 12.7. The predicted molar refractivity (Wildman–Crippen MR) is 92.5 cm³/mol. The van der Waals surface area contributed by atoms with Gasteiger partial charge in [-0.2, -0.15) is 5.10 Å². The van der Waals surface area contributed by atoms with E-state index < -0.39 is 0 Å². The Morgan fingerprint density at radius 1 is 1.29 bits per heavy atom. The molecule has 7 heteroatoms. The number of anilines is 1. The first kappa shape index (κ1) is 15.3. The quantitative estimate of drug-likeness (QED) is 0.732. The van der Waals surface area contributed by atoms with Crippen LogP contribution in [0.3, 0.4) is 0 Å². The smallest absolute Gasteiger partial charge is 0.226 e. The van der Waals surface area contributed by atoms with Crippen molar-refractivity contribution in [1.82, 2.24) is 9.78 Å². The molecule has 1 N–H and O–H groups in total. The molecule has 1 aliphatic heterocycles. The van der Waals surface area contributed by atoms with E-state index in [1.54, 1.807) is 36.1 Å². The topological polar surface area (TPSA) is 60.1 Å². The first-order valence-corrected chi connectivity index (χ1v) is 8.15. The van der Waals surface area contributed by atoms with Crippen molar-refractivity contribution in [2.24, 2.45) is 7.05 Å². The third-order valence-electron chi connectivity index (χ3n) is 4.15. The number of nitrogens with zero attached hydrogens (tertiary/aromatic N) is 2. The summed E-state index contributed by atoms with van der Waals surface area (Å²) < 4.78 is 7.65. The van der Waals surface area contributed by atoms with Gasteiger partial charge in [0.15, 0.2) is 0 Å². The molecule has 0 radical (unpaired) electrons. The fourth-order valence-electron chi connectivity index (χ4n) is 2.97. The monoisotopic (exact) mass is 361 g/mol. The maximum absolute atomic E-state index is 12.0. The van der Waals surface area contributed by atoms with Gasteiger partial charge in [0.25, 0.3) is 0 Å². The second-order valence-electron chi connectivity index (χ2n) is 5.70. The Kier molecular flexibility index (Phi) is 3.62.